The summed E-state index contributed by atoms with van der Waals surface area (Å²) in [5, 5.41) is 3.49. The van der Waals surface area contributed by atoms with Gasteiger partial charge in [0, 0.05) is 13.1 Å². The Labute approximate surface area is 94.7 Å². The van der Waals surface area contributed by atoms with Crippen molar-refractivity contribution in [3.63, 3.8) is 0 Å². The lowest BCUT2D eigenvalue weighted by molar-refractivity contribution is 0.211. The first-order valence-electron chi connectivity index (χ1n) is 6.40. The molecule has 1 atom stereocenters. The van der Waals surface area contributed by atoms with Gasteiger partial charge in [0.15, 0.2) is 0 Å². The van der Waals surface area contributed by atoms with Crippen molar-refractivity contribution in [2.75, 3.05) is 32.7 Å². The van der Waals surface area contributed by atoms with Crippen molar-refractivity contribution < 1.29 is 0 Å². The molecule has 88 valence electrons. The molecule has 0 aliphatic carbocycles. The molecule has 1 unspecified atom stereocenters. The molecule has 15 heavy (non-hydrogen) atoms. The Morgan fingerprint density at radius 3 is 2.93 bits per heavy atom. The summed E-state index contributed by atoms with van der Waals surface area (Å²) in [6.45, 7) is 12.2. The van der Waals surface area contributed by atoms with E-state index in [0.29, 0.717) is 0 Å². The van der Waals surface area contributed by atoms with E-state index in [1.165, 1.54) is 52.0 Å². The summed E-state index contributed by atoms with van der Waals surface area (Å²) in [5.41, 5.74) is 0. The van der Waals surface area contributed by atoms with Crippen molar-refractivity contribution in [2.45, 2.75) is 32.6 Å². The van der Waals surface area contributed by atoms with Gasteiger partial charge in [-0.05, 0) is 51.2 Å². The molecule has 0 amide bonds. The predicted octanol–water partition coefficient (Wildman–Crippen LogP) is 2.27. The maximum absolute atomic E-state index is 3.80. The summed E-state index contributed by atoms with van der Waals surface area (Å²) in [6.07, 6.45) is 7.17. The zero-order valence-corrected chi connectivity index (χ0v) is 10.2. The van der Waals surface area contributed by atoms with E-state index in [2.05, 4.69) is 23.7 Å². The smallest absolute Gasteiger partial charge is 0.00219 e. The average molecular weight is 210 g/mol. The first-order chi connectivity index (χ1) is 7.36. The Bertz CT molecular complexity index is 162. The number of hydrogen-bond donors (Lipinski definition) is 1. The van der Waals surface area contributed by atoms with Crippen LogP contribution >= 0.6 is 0 Å². The monoisotopic (exact) mass is 210 g/mol. The van der Waals surface area contributed by atoms with Crippen LogP contribution in [0.4, 0.5) is 0 Å². The van der Waals surface area contributed by atoms with Crippen LogP contribution in [-0.4, -0.2) is 37.6 Å². The van der Waals surface area contributed by atoms with E-state index in [4.69, 9.17) is 0 Å². The van der Waals surface area contributed by atoms with Gasteiger partial charge in [-0.15, -0.1) is 6.58 Å². The summed E-state index contributed by atoms with van der Waals surface area (Å²) >= 11 is 0. The van der Waals surface area contributed by atoms with E-state index in [9.17, 15) is 0 Å². The molecule has 1 rings (SSSR count). The maximum Gasteiger partial charge on any atom is 0.00219 e. The van der Waals surface area contributed by atoms with Gasteiger partial charge in [0.2, 0.25) is 0 Å². The Hall–Kier alpha value is -0.340. The highest BCUT2D eigenvalue weighted by molar-refractivity contribution is 4.75. The van der Waals surface area contributed by atoms with Gasteiger partial charge in [-0.2, -0.15) is 0 Å². The highest BCUT2D eigenvalue weighted by atomic mass is 15.1. The number of rotatable bonds is 7. The third-order valence-electron chi connectivity index (χ3n) is 3.10. The molecule has 0 saturated carbocycles. The molecule has 2 nitrogen and oxygen atoms in total. The van der Waals surface area contributed by atoms with Crippen molar-refractivity contribution >= 4 is 0 Å². The van der Waals surface area contributed by atoms with Gasteiger partial charge in [0.05, 0.1) is 0 Å². The van der Waals surface area contributed by atoms with E-state index in [1.807, 2.05) is 6.08 Å². The molecule has 0 aromatic heterocycles. The van der Waals surface area contributed by atoms with Crippen LogP contribution in [0.3, 0.4) is 0 Å². The SMILES string of the molecule is C=CCCN(CCC)CC1CCCNC1. The van der Waals surface area contributed by atoms with Gasteiger partial charge in [-0.25, -0.2) is 0 Å². The highest BCUT2D eigenvalue weighted by Gasteiger charge is 2.15. The lowest BCUT2D eigenvalue weighted by Crippen LogP contribution is -2.38. The molecular formula is C13H26N2. The molecule has 0 aromatic carbocycles. The van der Waals surface area contributed by atoms with Gasteiger partial charge in [0.1, 0.15) is 0 Å². The molecule has 1 aliphatic heterocycles. The quantitative estimate of drug-likeness (QED) is 0.649. The molecule has 1 fully saturated rings. The molecule has 1 saturated heterocycles. The van der Waals surface area contributed by atoms with E-state index >= 15 is 0 Å². The molecular weight excluding hydrogens is 184 g/mol. The van der Waals surface area contributed by atoms with Gasteiger partial charge >= 0.3 is 0 Å². The van der Waals surface area contributed by atoms with E-state index < -0.39 is 0 Å². The minimum Gasteiger partial charge on any atom is -0.316 e. The van der Waals surface area contributed by atoms with Crippen LogP contribution in [0, 0.1) is 5.92 Å². The maximum atomic E-state index is 3.80. The van der Waals surface area contributed by atoms with E-state index in [1.54, 1.807) is 0 Å². The second-order valence-electron chi connectivity index (χ2n) is 4.59. The van der Waals surface area contributed by atoms with E-state index in [-0.39, 0.29) is 0 Å². The minimum atomic E-state index is 0.870. The van der Waals surface area contributed by atoms with Crippen LogP contribution in [0.1, 0.15) is 32.6 Å². The van der Waals surface area contributed by atoms with Crippen molar-refractivity contribution in [3.8, 4) is 0 Å². The first kappa shape index (κ1) is 12.7. The van der Waals surface area contributed by atoms with Gasteiger partial charge in [-0.1, -0.05) is 13.0 Å². The fourth-order valence-corrected chi connectivity index (χ4v) is 2.33. The summed E-state index contributed by atoms with van der Waals surface area (Å²) in [5.74, 6) is 0.870. The number of nitrogens with zero attached hydrogens (tertiary/aromatic N) is 1. The molecule has 1 heterocycles. The molecule has 0 aromatic rings. The third kappa shape index (κ3) is 5.33. The topological polar surface area (TPSA) is 15.3 Å². The first-order valence-corrected chi connectivity index (χ1v) is 6.40. The van der Waals surface area contributed by atoms with Crippen molar-refractivity contribution in [1.82, 2.24) is 10.2 Å². The van der Waals surface area contributed by atoms with Crippen LogP contribution in [0.15, 0.2) is 12.7 Å². The molecule has 0 spiro atoms. The van der Waals surface area contributed by atoms with Crippen LogP contribution in [0.5, 0.6) is 0 Å². The number of piperidine rings is 1. The summed E-state index contributed by atoms with van der Waals surface area (Å²) in [6, 6.07) is 0. The molecule has 0 bridgehead atoms. The van der Waals surface area contributed by atoms with Crippen LogP contribution in [-0.2, 0) is 0 Å². The van der Waals surface area contributed by atoms with Crippen molar-refractivity contribution in [1.29, 1.82) is 0 Å². The van der Waals surface area contributed by atoms with Gasteiger partial charge < -0.3 is 10.2 Å². The summed E-state index contributed by atoms with van der Waals surface area (Å²) in [7, 11) is 0. The lowest BCUT2D eigenvalue weighted by atomic mass is 9.99. The Kier molecular flexibility index (Phi) is 6.69. The third-order valence-corrected chi connectivity index (χ3v) is 3.10. The van der Waals surface area contributed by atoms with E-state index in [0.717, 1.165) is 12.3 Å². The van der Waals surface area contributed by atoms with Gasteiger partial charge in [0.25, 0.3) is 0 Å². The molecule has 0 radical (unpaired) electrons. The second kappa shape index (κ2) is 7.89. The zero-order valence-electron chi connectivity index (χ0n) is 10.2. The molecule has 2 heteroatoms. The van der Waals surface area contributed by atoms with Gasteiger partial charge in [-0.3, -0.25) is 0 Å². The lowest BCUT2D eigenvalue weighted by Gasteiger charge is -2.29. The standard InChI is InChI=1S/C13H26N2/c1-3-5-10-15(9-4-2)12-13-7-6-8-14-11-13/h3,13-14H,1,4-12H2,2H3. The Morgan fingerprint density at radius 2 is 2.33 bits per heavy atom. The highest BCUT2D eigenvalue weighted by Crippen LogP contribution is 2.12. The number of nitrogens with one attached hydrogen (secondary N) is 1. The average Bonchev–Trinajstić information content (AvgIpc) is 2.28. The number of hydrogen-bond acceptors (Lipinski definition) is 2. The minimum absolute atomic E-state index is 0.870. The summed E-state index contributed by atoms with van der Waals surface area (Å²) in [4.78, 5) is 2.60. The molecule has 1 aliphatic rings. The fraction of sp³-hybridized carbons (Fsp3) is 0.846. The van der Waals surface area contributed by atoms with Crippen LogP contribution in [0.25, 0.3) is 0 Å². The van der Waals surface area contributed by atoms with Crippen molar-refractivity contribution in [2.24, 2.45) is 5.92 Å². The predicted molar refractivity (Wildman–Crippen MR) is 67.1 cm³/mol. The van der Waals surface area contributed by atoms with Crippen LogP contribution < -0.4 is 5.32 Å². The Balaban J connectivity index is 2.24. The zero-order chi connectivity index (χ0) is 10.9. The fourth-order valence-electron chi connectivity index (χ4n) is 2.33. The second-order valence-corrected chi connectivity index (χ2v) is 4.59. The molecule has 1 N–H and O–H groups in total. The summed E-state index contributed by atoms with van der Waals surface area (Å²) < 4.78 is 0. The normalized spacial score (nSPS) is 21.9. The Morgan fingerprint density at radius 1 is 1.47 bits per heavy atom. The largest absolute Gasteiger partial charge is 0.316 e. The van der Waals surface area contributed by atoms with Crippen LogP contribution in [0.2, 0.25) is 0 Å². The van der Waals surface area contributed by atoms with Crippen molar-refractivity contribution in [3.05, 3.63) is 12.7 Å².